The fraction of sp³-hybridized carbons (Fsp3) is 0.375. The van der Waals surface area contributed by atoms with Gasteiger partial charge in [-0.2, -0.15) is 4.37 Å². The third-order valence-corrected chi connectivity index (χ3v) is 5.51. The first kappa shape index (κ1) is 18.3. The van der Waals surface area contributed by atoms with Crippen LogP contribution in [0.25, 0.3) is 10.9 Å². The molecule has 0 bridgehead atoms. The van der Waals surface area contributed by atoms with E-state index in [0.29, 0.717) is 34.2 Å². The highest BCUT2D eigenvalue weighted by molar-refractivity contribution is 8.00. The van der Waals surface area contributed by atoms with E-state index in [1.807, 2.05) is 13.8 Å². The Morgan fingerprint density at radius 2 is 2.16 bits per heavy atom. The number of nitrogens with zero attached hydrogens (tertiary/aromatic N) is 4. The highest BCUT2D eigenvalue weighted by Gasteiger charge is 2.16. The number of aromatic nitrogens is 4. The van der Waals surface area contributed by atoms with Crippen molar-refractivity contribution in [2.45, 2.75) is 35.8 Å². The summed E-state index contributed by atoms with van der Waals surface area (Å²) in [4.78, 5) is 22.0. The van der Waals surface area contributed by atoms with E-state index in [1.54, 1.807) is 29.9 Å². The van der Waals surface area contributed by atoms with Crippen molar-refractivity contribution in [1.82, 2.24) is 18.9 Å². The predicted octanol–water partition coefficient (Wildman–Crippen LogP) is 3.82. The molecular weight excluding hydrogens is 380 g/mol. The molecule has 132 valence electrons. The zero-order valence-corrected chi connectivity index (χ0v) is 16.4. The van der Waals surface area contributed by atoms with Crippen LogP contribution in [0.15, 0.2) is 32.5 Å². The van der Waals surface area contributed by atoms with Gasteiger partial charge in [-0.3, -0.25) is 9.36 Å². The van der Waals surface area contributed by atoms with Crippen molar-refractivity contribution in [3.8, 4) is 0 Å². The van der Waals surface area contributed by atoms with Gasteiger partial charge in [0.15, 0.2) is 9.50 Å². The van der Waals surface area contributed by atoms with Crippen LogP contribution in [0.5, 0.6) is 0 Å². The second-order valence-electron chi connectivity index (χ2n) is 5.68. The van der Waals surface area contributed by atoms with Gasteiger partial charge in [-0.15, -0.1) is 0 Å². The van der Waals surface area contributed by atoms with Gasteiger partial charge in [0.1, 0.15) is 5.82 Å². The molecule has 0 fully saturated rings. The van der Waals surface area contributed by atoms with Crippen molar-refractivity contribution in [2.24, 2.45) is 0 Å². The summed E-state index contributed by atoms with van der Waals surface area (Å²) >= 11 is 8.69. The second kappa shape index (κ2) is 7.82. The Balaban J connectivity index is 2.08. The van der Waals surface area contributed by atoms with Crippen LogP contribution in [-0.2, 0) is 11.3 Å². The first-order valence-electron chi connectivity index (χ1n) is 7.70. The number of benzene rings is 1. The second-order valence-corrected chi connectivity index (χ2v) is 8.08. The molecular formula is C16H17ClN4O2S2. The number of hydrogen-bond donors (Lipinski definition) is 0. The van der Waals surface area contributed by atoms with Crippen LogP contribution >= 0.6 is 34.9 Å². The van der Waals surface area contributed by atoms with Crippen molar-refractivity contribution in [3.05, 3.63) is 39.4 Å². The van der Waals surface area contributed by atoms with Crippen LogP contribution in [0.4, 0.5) is 0 Å². The van der Waals surface area contributed by atoms with Crippen LogP contribution in [-0.4, -0.2) is 32.6 Å². The number of fused-ring (bicyclic) bond motifs is 1. The minimum absolute atomic E-state index is 0.116. The van der Waals surface area contributed by atoms with Crippen molar-refractivity contribution in [1.29, 1.82) is 0 Å². The lowest BCUT2D eigenvalue weighted by Crippen LogP contribution is -2.25. The summed E-state index contributed by atoms with van der Waals surface area (Å²) < 4.78 is 11.8. The van der Waals surface area contributed by atoms with Gasteiger partial charge in [0.05, 0.1) is 24.1 Å². The predicted molar refractivity (Wildman–Crippen MR) is 101 cm³/mol. The number of halogens is 1. The highest BCUT2D eigenvalue weighted by atomic mass is 35.5. The molecule has 0 amide bonds. The Morgan fingerprint density at radius 3 is 2.84 bits per heavy atom. The number of hydrogen-bond acceptors (Lipinski definition) is 7. The molecule has 6 nitrogen and oxygen atoms in total. The van der Waals surface area contributed by atoms with Crippen LogP contribution in [0.1, 0.15) is 25.6 Å². The van der Waals surface area contributed by atoms with Crippen molar-refractivity contribution in [2.75, 3.05) is 13.7 Å². The minimum atomic E-state index is -0.116. The standard InChI is InChI=1S/C16H17ClN4O2S2/c1-9(2)13-19-16(25-20-13)24-15-18-12-8-10(17)4-5-11(12)14(22)21(15)6-7-23-3/h4-5,8-9H,6-7H2,1-3H3. The van der Waals surface area contributed by atoms with E-state index in [-0.39, 0.29) is 11.5 Å². The van der Waals surface area contributed by atoms with Gasteiger partial charge < -0.3 is 4.74 Å². The molecule has 25 heavy (non-hydrogen) atoms. The summed E-state index contributed by atoms with van der Waals surface area (Å²) in [6.07, 6.45) is 0. The molecule has 2 heterocycles. The van der Waals surface area contributed by atoms with E-state index in [1.165, 1.54) is 23.3 Å². The molecule has 1 aromatic carbocycles. The van der Waals surface area contributed by atoms with Crippen molar-refractivity contribution < 1.29 is 4.74 Å². The van der Waals surface area contributed by atoms with E-state index >= 15 is 0 Å². The largest absolute Gasteiger partial charge is 0.383 e. The number of ether oxygens (including phenoxy) is 1. The summed E-state index contributed by atoms with van der Waals surface area (Å²) in [6.45, 7) is 4.92. The lowest BCUT2D eigenvalue weighted by molar-refractivity contribution is 0.183. The van der Waals surface area contributed by atoms with E-state index in [9.17, 15) is 4.79 Å². The lowest BCUT2D eigenvalue weighted by Gasteiger charge is -2.11. The molecule has 0 aliphatic heterocycles. The van der Waals surface area contributed by atoms with Gasteiger partial charge >= 0.3 is 0 Å². The van der Waals surface area contributed by atoms with Gasteiger partial charge in [-0.1, -0.05) is 25.4 Å². The molecule has 0 saturated heterocycles. The zero-order valence-electron chi connectivity index (χ0n) is 14.0. The smallest absolute Gasteiger partial charge is 0.262 e. The summed E-state index contributed by atoms with van der Waals surface area (Å²) in [6, 6.07) is 5.09. The molecule has 0 atom stereocenters. The van der Waals surface area contributed by atoms with Crippen LogP contribution in [0.2, 0.25) is 5.02 Å². The third kappa shape index (κ3) is 4.03. The molecule has 0 saturated carbocycles. The highest BCUT2D eigenvalue weighted by Crippen LogP contribution is 2.29. The Labute approximate surface area is 158 Å². The topological polar surface area (TPSA) is 69.9 Å². The van der Waals surface area contributed by atoms with E-state index < -0.39 is 0 Å². The average Bonchev–Trinajstić information content (AvgIpc) is 3.03. The third-order valence-electron chi connectivity index (χ3n) is 3.52. The molecule has 2 aromatic heterocycles. The van der Waals surface area contributed by atoms with Crippen molar-refractivity contribution >= 4 is 45.8 Å². The van der Waals surface area contributed by atoms with E-state index in [4.69, 9.17) is 16.3 Å². The molecule has 0 N–H and O–H groups in total. The molecule has 3 rings (SSSR count). The van der Waals surface area contributed by atoms with Gasteiger partial charge in [0.25, 0.3) is 5.56 Å². The molecule has 0 unspecified atom stereocenters. The maximum absolute atomic E-state index is 12.8. The normalized spacial score (nSPS) is 11.6. The van der Waals surface area contributed by atoms with Gasteiger partial charge in [-0.25, -0.2) is 9.97 Å². The van der Waals surface area contributed by atoms with E-state index in [2.05, 4.69) is 14.3 Å². The van der Waals surface area contributed by atoms with E-state index in [0.717, 1.165) is 10.2 Å². The summed E-state index contributed by atoms with van der Waals surface area (Å²) in [5, 5.41) is 1.64. The maximum atomic E-state index is 12.8. The zero-order chi connectivity index (χ0) is 18.0. The first-order valence-corrected chi connectivity index (χ1v) is 9.67. The maximum Gasteiger partial charge on any atom is 0.262 e. The van der Waals surface area contributed by atoms with Gasteiger partial charge in [-0.05, 0) is 41.5 Å². The van der Waals surface area contributed by atoms with Crippen LogP contribution < -0.4 is 5.56 Å². The Morgan fingerprint density at radius 1 is 1.36 bits per heavy atom. The van der Waals surface area contributed by atoms with Crippen molar-refractivity contribution in [3.63, 3.8) is 0 Å². The Hall–Kier alpha value is -1.48. The molecule has 9 heteroatoms. The SMILES string of the molecule is COCCn1c(Sc2nc(C(C)C)ns2)nc2cc(Cl)ccc2c1=O. The number of methoxy groups -OCH3 is 1. The van der Waals surface area contributed by atoms with Gasteiger partial charge in [0, 0.05) is 18.1 Å². The van der Waals surface area contributed by atoms with Crippen LogP contribution in [0.3, 0.4) is 0 Å². The number of rotatable bonds is 6. The Kier molecular flexibility index (Phi) is 5.73. The fourth-order valence-corrected chi connectivity index (χ4v) is 4.14. The average molecular weight is 397 g/mol. The quantitative estimate of drug-likeness (QED) is 0.590. The minimum Gasteiger partial charge on any atom is -0.383 e. The first-order chi connectivity index (χ1) is 12.0. The molecule has 0 aliphatic rings. The fourth-order valence-electron chi connectivity index (χ4n) is 2.21. The van der Waals surface area contributed by atoms with Gasteiger partial charge in [0.2, 0.25) is 0 Å². The molecule has 0 radical (unpaired) electrons. The lowest BCUT2D eigenvalue weighted by atomic mass is 10.2. The summed E-state index contributed by atoms with van der Waals surface area (Å²) in [5.41, 5.74) is 0.456. The van der Waals surface area contributed by atoms with Crippen LogP contribution in [0, 0.1) is 0 Å². The monoisotopic (exact) mass is 396 g/mol. The summed E-state index contributed by atoms with van der Waals surface area (Å²) in [7, 11) is 1.60. The summed E-state index contributed by atoms with van der Waals surface area (Å²) in [5.74, 6) is 1.05. The molecule has 0 spiro atoms. The molecule has 0 aliphatic carbocycles. The molecule has 3 aromatic rings. The Bertz CT molecular complexity index is 955.